The topological polar surface area (TPSA) is 98.9 Å². The summed E-state index contributed by atoms with van der Waals surface area (Å²) in [7, 11) is 0. The van der Waals surface area contributed by atoms with Gasteiger partial charge in [-0.25, -0.2) is 15.0 Å². The van der Waals surface area contributed by atoms with Crippen LogP contribution in [0.4, 0.5) is 13.2 Å². The predicted molar refractivity (Wildman–Crippen MR) is 107 cm³/mol. The molecule has 2 bridgehead atoms. The lowest BCUT2D eigenvalue weighted by molar-refractivity contribution is -0.141. The minimum atomic E-state index is -4.57. The average Bonchev–Trinajstić information content (AvgIpc) is 3.50. The molecule has 33 heavy (non-hydrogen) atoms. The third kappa shape index (κ3) is 3.79. The van der Waals surface area contributed by atoms with E-state index >= 15 is 0 Å². The van der Waals surface area contributed by atoms with Gasteiger partial charge in [-0.15, -0.1) is 4.80 Å². The third-order valence-electron chi connectivity index (χ3n) is 6.26. The molecule has 1 saturated heterocycles. The van der Waals surface area contributed by atoms with Crippen molar-refractivity contribution >= 4 is 5.91 Å². The zero-order chi connectivity index (χ0) is 23.3. The van der Waals surface area contributed by atoms with E-state index in [1.165, 1.54) is 17.2 Å². The van der Waals surface area contributed by atoms with Crippen molar-refractivity contribution in [3.63, 3.8) is 0 Å². The molecule has 1 aliphatic heterocycles. The first-order chi connectivity index (χ1) is 15.7. The van der Waals surface area contributed by atoms with E-state index in [0.717, 1.165) is 12.6 Å². The van der Waals surface area contributed by atoms with Crippen LogP contribution in [0.15, 0.2) is 36.9 Å². The predicted octanol–water partition coefficient (Wildman–Crippen LogP) is 2.85. The number of piperidine rings is 1. The van der Waals surface area contributed by atoms with E-state index in [4.69, 9.17) is 4.74 Å². The average molecular weight is 459 g/mol. The maximum atomic E-state index is 13.7. The quantitative estimate of drug-likeness (QED) is 0.592. The molecule has 0 N–H and O–H groups in total. The molecule has 0 aromatic carbocycles. The van der Waals surface area contributed by atoms with Crippen molar-refractivity contribution in [2.24, 2.45) is 5.92 Å². The van der Waals surface area contributed by atoms with Crippen LogP contribution in [0.2, 0.25) is 0 Å². The molecule has 4 heterocycles. The van der Waals surface area contributed by atoms with Crippen LogP contribution in [0, 0.1) is 12.8 Å². The van der Waals surface area contributed by atoms with Gasteiger partial charge >= 0.3 is 6.18 Å². The van der Waals surface area contributed by atoms with Crippen LogP contribution >= 0.6 is 0 Å². The van der Waals surface area contributed by atoms with Gasteiger partial charge in [0.15, 0.2) is 11.4 Å². The Bertz CT molecular complexity index is 1170. The van der Waals surface area contributed by atoms with Crippen molar-refractivity contribution in [3.05, 3.63) is 54.0 Å². The van der Waals surface area contributed by atoms with Crippen LogP contribution < -0.4 is 4.74 Å². The lowest BCUT2D eigenvalue weighted by atomic mass is 9.98. The fraction of sp³-hybridized carbons (Fsp3) is 0.429. The standard InChI is InChI=1S/C21H20F3N7O2/c1-11-3-4-14(31-27-5-6-28-31)19(29-11)20(32)30-12(2)13-7-15(30)16(8-13)33-18-10-25-17(9-26-18)21(22,23)24/h3-6,9-10,12-13,15-16H,7-8H2,1-2H3/t12?,13?,15-,16+/m0/s1. The number of carbonyl (C=O) groups excluding carboxylic acids is 1. The maximum absolute atomic E-state index is 13.7. The van der Waals surface area contributed by atoms with Crippen LogP contribution in [-0.2, 0) is 6.18 Å². The molecule has 0 radical (unpaired) electrons. The number of hydrogen-bond acceptors (Lipinski definition) is 7. The minimum Gasteiger partial charge on any atom is -0.471 e. The Morgan fingerprint density at radius 2 is 1.88 bits per heavy atom. The fourth-order valence-electron chi connectivity index (χ4n) is 4.70. The molecular formula is C21H20F3N7O2. The Balaban J connectivity index is 1.40. The van der Waals surface area contributed by atoms with Gasteiger partial charge in [0.05, 0.1) is 30.8 Å². The third-order valence-corrected chi connectivity index (χ3v) is 6.26. The first-order valence-electron chi connectivity index (χ1n) is 10.5. The number of aryl methyl sites for hydroxylation is 1. The fourth-order valence-corrected chi connectivity index (χ4v) is 4.70. The second kappa shape index (κ2) is 7.78. The number of rotatable bonds is 4. The summed E-state index contributed by atoms with van der Waals surface area (Å²) in [4.78, 5) is 28.4. The Hall–Kier alpha value is -3.57. The molecule has 1 aliphatic carbocycles. The van der Waals surface area contributed by atoms with E-state index < -0.39 is 18.0 Å². The summed E-state index contributed by atoms with van der Waals surface area (Å²) in [6, 6.07) is 3.23. The summed E-state index contributed by atoms with van der Waals surface area (Å²) in [6.45, 7) is 3.78. The molecule has 3 aromatic rings. The van der Waals surface area contributed by atoms with Crippen LogP contribution in [0.5, 0.6) is 5.88 Å². The number of aromatic nitrogens is 6. The van der Waals surface area contributed by atoms with Crippen LogP contribution in [0.1, 0.15) is 41.6 Å². The van der Waals surface area contributed by atoms with Crippen molar-refractivity contribution in [2.45, 2.75) is 51.1 Å². The second-order valence-electron chi connectivity index (χ2n) is 8.28. The second-order valence-corrected chi connectivity index (χ2v) is 8.28. The molecule has 172 valence electrons. The van der Waals surface area contributed by atoms with Gasteiger partial charge in [0.2, 0.25) is 5.88 Å². The van der Waals surface area contributed by atoms with Crippen LogP contribution in [0.3, 0.4) is 0 Å². The number of fused-ring (bicyclic) bond motifs is 2. The summed E-state index contributed by atoms with van der Waals surface area (Å²) in [5, 5.41) is 8.25. The number of amides is 1. The van der Waals surface area contributed by atoms with Gasteiger partial charge in [-0.3, -0.25) is 4.79 Å². The van der Waals surface area contributed by atoms with E-state index in [9.17, 15) is 18.0 Å². The Kier molecular flexibility index (Phi) is 5.02. The van der Waals surface area contributed by atoms with Crippen molar-refractivity contribution in [1.82, 2.24) is 34.8 Å². The van der Waals surface area contributed by atoms with Crippen molar-refractivity contribution < 1.29 is 22.7 Å². The number of carbonyl (C=O) groups is 1. The SMILES string of the molecule is Cc1ccc(-n2nccn2)c(C(=O)N2C(C)C3C[C@@H](Oc4cnc(C(F)(F)F)cn4)[C@@H]2C3)n1. The van der Waals surface area contributed by atoms with Gasteiger partial charge < -0.3 is 9.64 Å². The molecule has 2 aliphatic rings. The number of nitrogens with zero attached hydrogens (tertiary/aromatic N) is 7. The lowest BCUT2D eigenvalue weighted by Gasteiger charge is -2.37. The number of ether oxygens (including phenoxy) is 1. The van der Waals surface area contributed by atoms with Gasteiger partial charge in [-0.05, 0) is 44.7 Å². The highest BCUT2D eigenvalue weighted by atomic mass is 19.4. The van der Waals surface area contributed by atoms with Crippen LogP contribution in [0.25, 0.3) is 5.69 Å². The molecular weight excluding hydrogens is 439 g/mol. The van der Waals surface area contributed by atoms with E-state index in [0.29, 0.717) is 24.0 Å². The molecule has 2 unspecified atom stereocenters. The number of pyridine rings is 1. The van der Waals surface area contributed by atoms with Gasteiger partial charge in [0.1, 0.15) is 11.8 Å². The summed E-state index contributed by atoms with van der Waals surface area (Å²) in [5.41, 5.74) is 0.299. The van der Waals surface area contributed by atoms with Gasteiger partial charge in [0.25, 0.3) is 5.91 Å². The smallest absolute Gasteiger partial charge is 0.434 e. The summed E-state index contributed by atoms with van der Waals surface area (Å²) in [6.07, 6.45) is 1.07. The van der Waals surface area contributed by atoms with E-state index in [1.54, 1.807) is 24.0 Å². The normalized spacial score (nSPS) is 24.3. The maximum Gasteiger partial charge on any atom is 0.434 e. The highest BCUT2D eigenvalue weighted by Crippen LogP contribution is 2.44. The summed E-state index contributed by atoms with van der Waals surface area (Å²) in [5.74, 6) is -0.0732. The van der Waals surface area contributed by atoms with E-state index in [-0.39, 0.29) is 35.5 Å². The van der Waals surface area contributed by atoms with Crippen LogP contribution in [-0.4, -0.2) is 58.9 Å². The Morgan fingerprint density at radius 1 is 1.12 bits per heavy atom. The van der Waals surface area contributed by atoms with Crippen molar-refractivity contribution in [3.8, 4) is 11.6 Å². The van der Waals surface area contributed by atoms with Gasteiger partial charge in [-0.2, -0.15) is 23.4 Å². The number of hydrogen-bond donors (Lipinski definition) is 0. The molecule has 1 saturated carbocycles. The summed E-state index contributed by atoms with van der Waals surface area (Å²) >= 11 is 0. The number of halogens is 3. The molecule has 5 rings (SSSR count). The molecule has 9 nitrogen and oxygen atoms in total. The highest BCUT2D eigenvalue weighted by Gasteiger charge is 2.53. The van der Waals surface area contributed by atoms with E-state index in [1.807, 2.05) is 6.92 Å². The zero-order valence-electron chi connectivity index (χ0n) is 17.8. The first-order valence-corrected chi connectivity index (χ1v) is 10.5. The Morgan fingerprint density at radius 3 is 2.52 bits per heavy atom. The minimum absolute atomic E-state index is 0.00397. The Labute approximate surface area is 186 Å². The highest BCUT2D eigenvalue weighted by molar-refractivity contribution is 5.96. The zero-order valence-corrected chi connectivity index (χ0v) is 17.8. The van der Waals surface area contributed by atoms with Gasteiger partial charge in [-0.1, -0.05) is 0 Å². The molecule has 4 atom stereocenters. The molecule has 12 heteroatoms. The summed E-state index contributed by atoms with van der Waals surface area (Å²) < 4.78 is 44.1. The number of likely N-dealkylation sites (tertiary alicyclic amines) is 1. The van der Waals surface area contributed by atoms with Crippen molar-refractivity contribution in [2.75, 3.05) is 0 Å². The molecule has 0 spiro atoms. The first kappa shape index (κ1) is 21.3. The van der Waals surface area contributed by atoms with Crippen molar-refractivity contribution in [1.29, 1.82) is 0 Å². The number of alkyl halides is 3. The largest absolute Gasteiger partial charge is 0.471 e. The van der Waals surface area contributed by atoms with Gasteiger partial charge in [0, 0.05) is 11.7 Å². The molecule has 3 aromatic heterocycles. The molecule has 1 amide bonds. The van der Waals surface area contributed by atoms with E-state index in [2.05, 4.69) is 25.1 Å². The lowest BCUT2D eigenvalue weighted by Crippen LogP contribution is -2.51. The molecule has 2 fully saturated rings. The monoisotopic (exact) mass is 459 g/mol.